The highest BCUT2D eigenvalue weighted by Crippen LogP contribution is 2.45. The Balaban J connectivity index is 1.23. The summed E-state index contributed by atoms with van der Waals surface area (Å²) in [5, 5.41) is 13.5. The SMILES string of the molecule is c1ccc(-c2ccc(-c3nc(-n4c5cc6ccccc6cc5c5c6c7ccccc7c7ccccc7c6ccc54)nc4c3sc3ccccc34)cc2)cc1. The molecule has 54 heavy (non-hydrogen) atoms. The van der Waals surface area contributed by atoms with Gasteiger partial charge in [-0.2, -0.15) is 0 Å². The van der Waals surface area contributed by atoms with E-state index in [1.165, 1.54) is 69.7 Å². The van der Waals surface area contributed by atoms with Gasteiger partial charge < -0.3 is 0 Å². The van der Waals surface area contributed by atoms with Gasteiger partial charge in [-0.05, 0) is 73.1 Å². The van der Waals surface area contributed by atoms with Crippen molar-refractivity contribution in [1.82, 2.24) is 14.5 Å². The van der Waals surface area contributed by atoms with Crippen molar-refractivity contribution in [2.75, 3.05) is 0 Å². The monoisotopic (exact) mass is 703 g/mol. The van der Waals surface area contributed by atoms with Crippen LogP contribution in [0.2, 0.25) is 0 Å². The van der Waals surface area contributed by atoms with E-state index in [-0.39, 0.29) is 0 Å². The van der Waals surface area contributed by atoms with Crippen LogP contribution in [-0.4, -0.2) is 14.5 Å². The molecule has 0 amide bonds. The van der Waals surface area contributed by atoms with Gasteiger partial charge in [-0.25, -0.2) is 9.97 Å². The fraction of sp³-hybridized carbons (Fsp3) is 0. The zero-order chi connectivity index (χ0) is 35.3. The average molecular weight is 704 g/mol. The number of aromatic nitrogens is 3. The minimum Gasteiger partial charge on any atom is -0.278 e. The van der Waals surface area contributed by atoms with Crippen LogP contribution in [-0.2, 0) is 0 Å². The Kier molecular flexibility index (Phi) is 6.21. The Morgan fingerprint density at radius 3 is 1.72 bits per heavy atom. The summed E-state index contributed by atoms with van der Waals surface area (Å²) in [6, 6.07) is 63.6. The molecule has 0 fully saturated rings. The molecule has 250 valence electrons. The van der Waals surface area contributed by atoms with E-state index in [0.29, 0.717) is 5.95 Å². The number of hydrogen-bond acceptors (Lipinski definition) is 3. The molecule has 0 radical (unpaired) electrons. The third kappa shape index (κ3) is 4.23. The van der Waals surface area contributed by atoms with E-state index in [4.69, 9.17) is 9.97 Å². The predicted octanol–water partition coefficient (Wildman–Crippen LogP) is 13.9. The molecule has 0 aliphatic heterocycles. The van der Waals surface area contributed by atoms with Gasteiger partial charge in [0.2, 0.25) is 5.95 Å². The largest absolute Gasteiger partial charge is 0.278 e. The van der Waals surface area contributed by atoms with Crippen molar-refractivity contribution in [3.05, 3.63) is 176 Å². The molecule has 0 spiro atoms. The van der Waals surface area contributed by atoms with Crippen molar-refractivity contribution in [2.24, 2.45) is 0 Å². The van der Waals surface area contributed by atoms with Crippen molar-refractivity contribution in [3.63, 3.8) is 0 Å². The zero-order valence-corrected chi connectivity index (χ0v) is 29.8. The normalized spacial score (nSPS) is 12.1. The van der Waals surface area contributed by atoms with Crippen LogP contribution in [0, 0.1) is 0 Å². The van der Waals surface area contributed by atoms with Crippen LogP contribution in [0.15, 0.2) is 176 Å². The molecule has 3 heterocycles. The van der Waals surface area contributed by atoms with Crippen LogP contribution < -0.4 is 0 Å². The minimum atomic E-state index is 0.674. The standard InChI is InChI=1S/C50H29N3S/c1-2-12-30(13-3-1)31-22-24-32(25-23-31)47-49-48(40-20-10-11-21-44(40)54-49)52-50(51-47)53-42-27-26-39-37-18-7-6-16-35(37)36-17-8-9-19-38(36)45(39)46(42)41-28-33-14-4-5-15-34(33)29-43(41)53/h1-29H. The molecule has 9 aromatic carbocycles. The maximum atomic E-state index is 5.55. The summed E-state index contributed by atoms with van der Waals surface area (Å²) < 4.78 is 4.62. The van der Waals surface area contributed by atoms with Gasteiger partial charge in [0.1, 0.15) is 0 Å². The van der Waals surface area contributed by atoms with Gasteiger partial charge in [-0.3, -0.25) is 4.57 Å². The van der Waals surface area contributed by atoms with E-state index >= 15 is 0 Å². The summed E-state index contributed by atoms with van der Waals surface area (Å²) >= 11 is 1.77. The lowest BCUT2D eigenvalue weighted by molar-refractivity contribution is 1.02. The molecule has 12 rings (SSSR count). The Hall–Kier alpha value is -6.88. The first kappa shape index (κ1) is 29.7. The van der Waals surface area contributed by atoms with Crippen molar-refractivity contribution < 1.29 is 0 Å². The summed E-state index contributed by atoms with van der Waals surface area (Å²) in [7, 11) is 0. The number of fused-ring (bicyclic) bond motifs is 14. The van der Waals surface area contributed by atoms with Gasteiger partial charge in [0.15, 0.2) is 0 Å². The van der Waals surface area contributed by atoms with Crippen LogP contribution >= 0.6 is 11.3 Å². The van der Waals surface area contributed by atoms with Crippen LogP contribution in [0.5, 0.6) is 0 Å². The fourth-order valence-electron chi connectivity index (χ4n) is 8.73. The summed E-state index contributed by atoms with van der Waals surface area (Å²) in [5.41, 5.74) is 7.57. The highest BCUT2D eigenvalue weighted by Gasteiger charge is 2.23. The molecule has 0 unspecified atom stereocenters. The molecule has 0 atom stereocenters. The second kappa shape index (κ2) is 11.3. The van der Waals surface area contributed by atoms with Crippen LogP contribution in [0.4, 0.5) is 0 Å². The lowest BCUT2D eigenvalue weighted by Gasteiger charge is -2.13. The molecule has 0 saturated heterocycles. The smallest absolute Gasteiger partial charge is 0.235 e. The first-order chi connectivity index (χ1) is 26.8. The second-order valence-corrected chi connectivity index (χ2v) is 15.2. The Morgan fingerprint density at radius 2 is 0.963 bits per heavy atom. The van der Waals surface area contributed by atoms with Crippen LogP contribution in [0.3, 0.4) is 0 Å². The molecule has 3 nitrogen and oxygen atoms in total. The van der Waals surface area contributed by atoms with E-state index in [0.717, 1.165) is 37.9 Å². The molecule has 4 heteroatoms. The van der Waals surface area contributed by atoms with Crippen molar-refractivity contribution >= 4 is 96.5 Å². The number of rotatable bonds is 3. The van der Waals surface area contributed by atoms with E-state index in [2.05, 4.69) is 180 Å². The second-order valence-electron chi connectivity index (χ2n) is 14.1. The first-order valence-electron chi connectivity index (χ1n) is 18.3. The summed E-state index contributed by atoms with van der Waals surface area (Å²) in [5.74, 6) is 0.674. The van der Waals surface area contributed by atoms with Crippen molar-refractivity contribution in [3.8, 4) is 28.3 Å². The van der Waals surface area contributed by atoms with E-state index < -0.39 is 0 Å². The number of hydrogen-bond donors (Lipinski definition) is 0. The molecule has 0 aliphatic carbocycles. The molecule has 0 saturated carbocycles. The quantitative estimate of drug-likeness (QED) is 0.172. The summed E-state index contributed by atoms with van der Waals surface area (Å²) in [6.45, 7) is 0. The lowest BCUT2D eigenvalue weighted by atomic mass is 9.91. The van der Waals surface area contributed by atoms with E-state index in [9.17, 15) is 0 Å². The van der Waals surface area contributed by atoms with Crippen molar-refractivity contribution in [1.29, 1.82) is 0 Å². The van der Waals surface area contributed by atoms with Gasteiger partial charge in [0.05, 0.1) is 26.9 Å². The fourth-order valence-corrected chi connectivity index (χ4v) is 9.88. The minimum absolute atomic E-state index is 0.674. The first-order valence-corrected chi connectivity index (χ1v) is 19.1. The van der Waals surface area contributed by atoms with Gasteiger partial charge in [-0.1, -0.05) is 152 Å². The summed E-state index contributed by atoms with van der Waals surface area (Å²) in [4.78, 5) is 11.0. The lowest BCUT2D eigenvalue weighted by Crippen LogP contribution is -2.02. The van der Waals surface area contributed by atoms with Crippen LogP contribution in [0.1, 0.15) is 0 Å². The molecule has 0 aliphatic rings. The highest BCUT2D eigenvalue weighted by molar-refractivity contribution is 7.26. The highest BCUT2D eigenvalue weighted by atomic mass is 32.1. The molecule has 0 bridgehead atoms. The van der Waals surface area contributed by atoms with E-state index in [1.807, 2.05) is 0 Å². The van der Waals surface area contributed by atoms with Gasteiger partial charge >= 0.3 is 0 Å². The molecular weight excluding hydrogens is 675 g/mol. The van der Waals surface area contributed by atoms with Gasteiger partial charge in [-0.15, -0.1) is 11.3 Å². The number of thiophene rings is 1. The van der Waals surface area contributed by atoms with Crippen molar-refractivity contribution in [2.45, 2.75) is 0 Å². The predicted molar refractivity (Wildman–Crippen MR) is 230 cm³/mol. The molecule has 3 aromatic heterocycles. The van der Waals surface area contributed by atoms with Gasteiger partial charge in [0.25, 0.3) is 0 Å². The third-order valence-corrected chi connectivity index (χ3v) is 12.3. The van der Waals surface area contributed by atoms with Crippen LogP contribution in [0.25, 0.3) is 114 Å². The van der Waals surface area contributed by atoms with Gasteiger partial charge in [0, 0.05) is 31.8 Å². The average Bonchev–Trinajstić information content (AvgIpc) is 3.78. The Morgan fingerprint density at radius 1 is 0.389 bits per heavy atom. The molecular formula is C50H29N3S. The summed E-state index contributed by atoms with van der Waals surface area (Å²) in [6.07, 6.45) is 0. The topological polar surface area (TPSA) is 30.7 Å². The maximum absolute atomic E-state index is 5.55. The Bertz CT molecular complexity index is 3450. The van der Waals surface area contributed by atoms with E-state index in [1.54, 1.807) is 11.3 Å². The third-order valence-electron chi connectivity index (χ3n) is 11.2. The number of benzene rings is 9. The maximum Gasteiger partial charge on any atom is 0.235 e. The number of nitrogens with zero attached hydrogens (tertiary/aromatic N) is 3. The molecule has 12 aromatic rings. The Labute approximate surface area is 314 Å². The zero-order valence-electron chi connectivity index (χ0n) is 29.0. The molecule has 0 N–H and O–H groups in total.